The zero-order chi connectivity index (χ0) is 18.6. The first-order chi connectivity index (χ1) is 12.4. The summed E-state index contributed by atoms with van der Waals surface area (Å²) < 4.78 is 30.7. The number of pyridine rings is 1. The third-order valence-corrected chi connectivity index (χ3v) is 4.96. The Hall–Kier alpha value is -2.48. The van der Waals surface area contributed by atoms with Gasteiger partial charge >= 0.3 is 0 Å². The van der Waals surface area contributed by atoms with E-state index in [9.17, 15) is 8.42 Å². The highest BCUT2D eigenvalue weighted by Crippen LogP contribution is 2.24. The Bertz CT molecular complexity index is 832. The quantitative estimate of drug-likeness (QED) is 0.803. The van der Waals surface area contributed by atoms with Gasteiger partial charge in [-0.15, -0.1) is 0 Å². The van der Waals surface area contributed by atoms with Gasteiger partial charge in [-0.05, 0) is 49.1 Å². The number of benzene rings is 1. The van der Waals surface area contributed by atoms with E-state index in [2.05, 4.69) is 14.6 Å². The van der Waals surface area contributed by atoms with Crippen molar-refractivity contribution in [1.82, 2.24) is 4.98 Å². The molecule has 2 heterocycles. The zero-order valence-electron chi connectivity index (χ0n) is 14.8. The first kappa shape index (κ1) is 18.3. The van der Waals surface area contributed by atoms with Gasteiger partial charge in [-0.25, -0.2) is 13.4 Å². The van der Waals surface area contributed by atoms with Crippen molar-refractivity contribution in [2.24, 2.45) is 5.92 Å². The van der Waals surface area contributed by atoms with Crippen LogP contribution < -0.4 is 20.1 Å². The SMILES string of the molecule is CS(=O)(=O)Nc1ccc(OCC2CCN(c3cc(N)ccn3)CC2)cc1. The van der Waals surface area contributed by atoms with Crippen molar-refractivity contribution in [3.8, 4) is 5.75 Å². The summed E-state index contributed by atoms with van der Waals surface area (Å²) in [7, 11) is -3.26. The molecule has 8 heteroatoms. The third kappa shape index (κ3) is 5.26. The molecule has 1 aliphatic rings. The van der Waals surface area contributed by atoms with Crippen molar-refractivity contribution >= 4 is 27.2 Å². The fourth-order valence-electron chi connectivity index (χ4n) is 2.98. The molecule has 0 amide bonds. The lowest BCUT2D eigenvalue weighted by Crippen LogP contribution is -2.36. The molecule has 1 saturated heterocycles. The number of hydrogen-bond donors (Lipinski definition) is 2. The second kappa shape index (κ2) is 7.82. The van der Waals surface area contributed by atoms with Crippen LogP contribution in [0.25, 0.3) is 0 Å². The van der Waals surface area contributed by atoms with Crippen LogP contribution in [0.5, 0.6) is 5.75 Å². The average Bonchev–Trinajstić information content (AvgIpc) is 2.60. The Morgan fingerprint density at radius 1 is 1.23 bits per heavy atom. The first-order valence-electron chi connectivity index (χ1n) is 8.56. The van der Waals surface area contributed by atoms with E-state index < -0.39 is 10.0 Å². The minimum atomic E-state index is -3.26. The lowest BCUT2D eigenvalue weighted by atomic mass is 9.98. The molecule has 0 aliphatic carbocycles. The monoisotopic (exact) mass is 376 g/mol. The molecular formula is C18H24N4O3S. The highest BCUT2D eigenvalue weighted by Gasteiger charge is 2.20. The fourth-order valence-corrected chi connectivity index (χ4v) is 3.55. The summed E-state index contributed by atoms with van der Waals surface area (Å²) in [5, 5.41) is 0. The van der Waals surface area contributed by atoms with Crippen molar-refractivity contribution in [2.75, 3.05) is 41.3 Å². The zero-order valence-corrected chi connectivity index (χ0v) is 15.6. The summed E-state index contributed by atoms with van der Waals surface area (Å²) in [5.41, 5.74) is 7.09. The van der Waals surface area contributed by atoms with Crippen molar-refractivity contribution in [2.45, 2.75) is 12.8 Å². The van der Waals surface area contributed by atoms with Crippen LogP contribution in [0.1, 0.15) is 12.8 Å². The highest BCUT2D eigenvalue weighted by molar-refractivity contribution is 7.92. The van der Waals surface area contributed by atoms with Gasteiger partial charge in [-0.2, -0.15) is 0 Å². The lowest BCUT2D eigenvalue weighted by Gasteiger charge is -2.32. The van der Waals surface area contributed by atoms with Crippen LogP contribution in [0.3, 0.4) is 0 Å². The average molecular weight is 376 g/mol. The number of hydrogen-bond acceptors (Lipinski definition) is 6. The molecule has 0 unspecified atom stereocenters. The van der Waals surface area contributed by atoms with Crippen molar-refractivity contribution in [1.29, 1.82) is 0 Å². The minimum absolute atomic E-state index is 0.487. The summed E-state index contributed by atoms with van der Waals surface area (Å²) >= 11 is 0. The van der Waals surface area contributed by atoms with E-state index in [0.29, 0.717) is 18.2 Å². The number of nitrogens with one attached hydrogen (secondary N) is 1. The molecule has 1 aliphatic heterocycles. The molecule has 140 valence electrons. The number of anilines is 3. The summed E-state index contributed by atoms with van der Waals surface area (Å²) in [6, 6.07) is 10.7. The molecule has 0 spiro atoms. The van der Waals surface area contributed by atoms with Gasteiger partial charge in [0, 0.05) is 36.7 Å². The molecule has 3 rings (SSSR count). The van der Waals surface area contributed by atoms with Crippen molar-refractivity contribution < 1.29 is 13.2 Å². The Morgan fingerprint density at radius 3 is 2.54 bits per heavy atom. The number of nitrogens with zero attached hydrogens (tertiary/aromatic N) is 2. The van der Waals surface area contributed by atoms with Gasteiger partial charge in [0.15, 0.2) is 0 Å². The molecule has 0 atom stereocenters. The van der Waals surface area contributed by atoms with Crippen LogP contribution in [-0.4, -0.2) is 39.4 Å². The van der Waals surface area contributed by atoms with Crippen molar-refractivity contribution in [3.63, 3.8) is 0 Å². The topological polar surface area (TPSA) is 97.6 Å². The molecule has 0 radical (unpaired) electrons. The smallest absolute Gasteiger partial charge is 0.229 e. The molecule has 1 aromatic heterocycles. The normalized spacial score (nSPS) is 15.7. The maximum atomic E-state index is 11.2. The predicted octanol–water partition coefficient (Wildman–Crippen LogP) is 2.33. The Morgan fingerprint density at radius 2 is 1.92 bits per heavy atom. The van der Waals surface area contributed by atoms with E-state index in [1.165, 1.54) is 0 Å². The second-order valence-electron chi connectivity index (χ2n) is 6.59. The Labute approximate surface area is 154 Å². The molecule has 1 fully saturated rings. The van der Waals surface area contributed by atoms with Gasteiger partial charge in [0.05, 0.1) is 12.9 Å². The summed E-state index contributed by atoms with van der Waals surface area (Å²) in [4.78, 5) is 6.63. The summed E-state index contributed by atoms with van der Waals surface area (Å²) in [5.74, 6) is 2.16. The predicted molar refractivity (Wildman–Crippen MR) is 104 cm³/mol. The Balaban J connectivity index is 1.46. The van der Waals surface area contributed by atoms with Gasteiger partial charge < -0.3 is 15.4 Å². The van der Waals surface area contributed by atoms with E-state index >= 15 is 0 Å². The van der Waals surface area contributed by atoms with E-state index in [1.807, 2.05) is 6.07 Å². The largest absolute Gasteiger partial charge is 0.493 e. The third-order valence-electron chi connectivity index (χ3n) is 4.35. The highest BCUT2D eigenvalue weighted by atomic mass is 32.2. The van der Waals surface area contributed by atoms with Gasteiger partial charge in [-0.3, -0.25) is 4.72 Å². The van der Waals surface area contributed by atoms with Crippen molar-refractivity contribution in [3.05, 3.63) is 42.6 Å². The van der Waals surface area contributed by atoms with Crippen LogP contribution in [0, 0.1) is 5.92 Å². The number of aromatic nitrogens is 1. The molecule has 2 aromatic rings. The minimum Gasteiger partial charge on any atom is -0.493 e. The molecule has 7 nitrogen and oxygen atoms in total. The van der Waals surface area contributed by atoms with Crippen LogP contribution in [0.4, 0.5) is 17.2 Å². The number of rotatable bonds is 6. The number of nitrogen functional groups attached to an aromatic ring is 1. The maximum absolute atomic E-state index is 11.2. The van der Waals surface area contributed by atoms with Crippen LogP contribution in [-0.2, 0) is 10.0 Å². The number of nitrogens with two attached hydrogens (primary N) is 1. The van der Waals surface area contributed by atoms with E-state index in [4.69, 9.17) is 10.5 Å². The second-order valence-corrected chi connectivity index (χ2v) is 8.34. The molecule has 3 N–H and O–H groups in total. The van der Waals surface area contributed by atoms with E-state index in [-0.39, 0.29) is 0 Å². The van der Waals surface area contributed by atoms with Crippen LogP contribution >= 0.6 is 0 Å². The van der Waals surface area contributed by atoms with Gasteiger partial charge in [-0.1, -0.05) is 0 Å². The molecular weight excluding hydrogens is 352 g/mol. The summed E-state index contributed by atoms with van der Waals surface area (Å²) in [6.45, 7) is 2.51. The molecule has 0 saturated carbocycles. The lowest BCUT2D eigenvalue weighted by molar-refractivity contribution is 0.222. The first-order valence-corrected chi connectivity index (χ1v) is 10.5. The van der Waals surface area contributed by atoms with E-state index in [1.54, 1.807) is 36.5 Å². The summed E-state index contributed by atoms with van der Waals surface area (Å²) in [6.07, 6.45) is 4.93. The fraction of sp³-hybridized carbons (Fsp3) is 0.389. The van der Waals surface area contributed by atoms with Crippen LogP contribution in [0.2, 0.25) is 0 Å². The number of piperidine rings is 1. The standard InChI is InChI=1S/C18H24N4O3S/c1-26(23,24)21-16-2-4-17(5-3-16)25-13-14-7-10-22(11-8-14)18-12-15(19)6-9-20-18/h2-6,9,12,14,21H,7-8,10-11,13H2,1H3,(H2,19,20). The number of sulfonamides is 1. The molecule has 0 bridgehead atoms. The van der Waals surface area contributed by atoms with Gasteiger partial charge in [0.2, 0.25) is 10.0 Å². The molecule has 1 aromatic carbocycles. The van der Waals surface area contributed by atoms with Gasteiger partial charge in [0.25, 0.3) is 0 Å². The Kier molecular flexibility index (Phi) is 5.51. The van der Waals surface area contributed by atoms with Crippen LogP contribution in [0.15, 0.2) is 42.6 Å². The van der Waals surface area contributed by atoms with E-state index in [0.717, 1.165) is 49.4 Å². The van der Waals surface area contributed by atoms with Gasteiger partial charge in [0.1, 0.15) is 11.6 Å². The maximum Gasteiger partial charge on any atom is 0.229 e. The number of ether oxygens (including phenoxy) is 1. The molecule has 26 heavy (non-hydrogen) atoms.